The molecule has 1 aromatic heterocycles. The lowest BCUT2D eigenvalue weighted by atomic mass is 9.80. The van der Waals surface area contributed by atoms with Gasteiger partial charge in [-0.1, -0.05) is 11.8 Å². The second-order valence-corrected chi connectivity index (χ2v) is 6.25. The van der Waals surface area contributed by atoms with Crippen LogP contribution in [0.1, 0.15) is 39.7 Å². The van der Waals surface area contributed by atoms with Gasteiger partial charge in [0.15, 0.2) is 0 Å². The third-order valence-electron chi connectivity index (χ3n) is 4.02. The van der Waals surface area contributed by atoms with Crippen molar-refractivity contribution in [2.75, 3.05) is 13.6 Å². The molecule has 0 unspecified atom stereocenters. The van der Waals surface area contributed by atoms with Gasteiger partial charge in [-0.15, -0.1) is 0 Å². The van der Waals surface area contributed by atoms with Crippen LogP contribution in [-0.2, 0) is 9.31 Å². The summed E-state index contributed by atoms with van der Waals surface area (Å²) in [4.78, 5) is 4.25. The van der Waals surface area contributed by atoms with E-state index in [0.29, 0.717) is 0 Å². The summed E-state index contributed by atoms with van der Waals surface area (Å²) in [5.41, 5.74) is 1.12. The molecule has 1 saturated heterocycles. The molecule has 1 aliphatic rings. The predicted molar refractivity (Wildman–Crippen MR) is 85.4 cm³/mol. The Bertz CT molecular complexity index is 545. The Hall–Kier alpha value is -1.35. The van der Waals surface area contributed by atoms with Crippen LogP contribution in [0, 0.1) is 11.8 Å². The van der Waals surface area contributed by atoms with Crippen molar-refractivity contribution in [1.29, 1.82) is 0 Å². The molecule has 1 N–H and O–H groups in total. The highest BCUT2D eigenvalue weighted by Gasteiger charge is 2.51. The Morgan fingerprint density at radius 2 is 1.86 bits per heavy atom. The maximum absolute atomic E-state index is 6.03. The van der Waals surface area contributed by atoms with Crippen molar-refractivity contribution in [2.24, 2.45) is 0 Å². The molecule has 5 heteroatoms. The molecule has 0 bridgehead atoms. The number of hydrogen-bond donors (Lipinski definition) is 1. The van der Waals surface area contributed by atoms with Gasteiger partial charge >= 0.3 is 7.12 Å². The summed E-state index contributed by atoms with van der Waals surface area (Å²) < 4.78 is 12.1. The van der Waals surface area contributed by atoms with E-state index in [-0.39, 0.29) is 18.3 Å². The van der Waals surface area contributed by atoms with E-state index in [2.05, 4.69) is 22.1 Å². The van der Waals surface area contributed by atoms with Gasteiger partial charge in [0.2, 0.25) is 0 Å². The minimum atomic E-state index is -0.387. The fourth-order valence-corrected chi connectivity index (χ4v) is 1.99. The summed E-state index contributed by atoms with van der Waals surface area (Å²) in [6.45, 7) is 9.06. The molecule has 0 atom stereocenters. The number of pyridine rings is 1. The van der Waals surface area contributed by atoms with E-state index in [1.54, 1.807) is 12.4 Å². The second-order valence-electron chi connectivity index (χ2n) is 6.25. The quantitative estimate of drug-likeness (QED) is 0.517. The summed E-state index contributed by atoms with van der Waals surface area (Å²) >= 11 is 0. The Morgan fingerprint density at radius 3 is 2.48 bits per heavy atom. The molecule has 0 amide bonds. The average Bonchev–Trinajstić information content (AvgIpc) is 2.64. The molecular weight excluding hydrogens is 263 g/mol. The number of hydrogen-bond acceptors (Lipinski definition) is 4. The highest BCUT2D eigenvalue weighted by atomic mass is 16.7. The summed E-state index contributed by atoms with van der Waals surface area (Å²) in [6, 6.07) is 1.99. The molecule has 21 heavy (non-hydrogen) atoms. The Morgan fingerprint density at radius 1 is 1.19 bits per heavy atom. The maximum Gasteiger partial charge on any atom is 0.496 e. The fraction of sp³-hybridized carbons (Fsp3) is 0.562. The Kier molecular flexibility index (Phi) is 4.72. The molecular formula is C16H23BN2O2. The SMILES string of the molecule is CNCCC#Cc1cncc(B2OC(C)(C)C(C)(C)O2)c1. The number of nitrogens with zero attached hydrogens (tertiary/aromatic N) is 1. The zero-order valence-corrected chi connectivity index (χ0v) is 13.5. The molecule has 2 heterocycles. The maximum atomic E-state index is 6.03. The predicted octanol–water partition coefficient (Wildman–Crippen LogP) is 1.34. The topological polar surface area (TPSA) is 43.4 Å². The summed E-state index contributed by atoms with van der Waals surface area (Å²) in [7, 11) is 1.53. The number of nitrogens with one attached hydrogen (secondary N) is 1. The molecule has 0 radical (unpaired) electrons. The van der Waals surface area contributed by atoms with Gasteiger partial charge in [-0.25, -0.2) is 0 Å². The van der Waals surface area contributed by atoms with Crippen molar-refractivity contribution in [3.63, 3.8) is 0 Å². The monoisotopic (exact) mass is 286 g/mol. The first-order chi connectivity index (χ1) is 9.86. The molecule has 1 aliphatic heterocycles. The molecule has 0 aliphatic carbocycles. The molecule has 2 rings (SSSR count). The van der Waals surface area contributed by atoms with Crippen LogP contribution in [0.5, 0.6) is 0 Å². The standard InChI is InChI=1S/C16H23BN2O2/c1-15(2)16(3,4)21-17(20-15)14-10-13(11-19-12-14)8-6-7-9-18-5/h10-12,18H,7,9H2,1-5H3. The Labute approximate surface area is 127 Å². The zero-order valence-electron chi connectivity index (χ0n) is 13.5. The van der Waals surface area contributed by atoms with Crippen LogP contribution in [0.15, 0.2) is 18.5 Å². The third kappa shape index (κ3) is 3.65. The van der Waals surface area contributed by atoms with Gasteiger partial charge in [0.25, 0.3) is 0 Å². The molecule has 112 valence electrons. The van der Waals surface area contributed by atoms with Crippen molar-refractivity contribution in [3.8, 4) is 11.8 Å². The van der Waals surface area contributed by atoms with Gasteiger partial charge < -0.3 is 14.6 Å². The van der Waals surface area contributed by atoms with Crippen LogP contribution in [0.4, 0.5) is 0 Å². The molecule has 0 saturated carbocycles. The van der Waals surface area contributed by atoms with Crippen LogP contribution in [0.25, 0.3) is 0 Å². The van der Waals surface area contributed by atoms with E-state index in [4.69, 9.17) is 9.31 Å². The lowest BCUT2D eigenvalue weighted by Gasteiger charge is -2.32. The van der Waals surface area contributed by atoms with Crippen molar-refractivity contribution in [3.05, 3.63) is 24.0 Å². The zero-order chi connectivity index (χ0) is 15.5. The number of aromatic nitrogens is 1. The first-order valence-corrected chi connectivity index (χ1v) is 7.30. The van der Waals surface area contributed by atoms with Crippen molar-refractivity contribution >= 4 is 12.6 Å². The summed E-state index contributed by atoms with van der Waals surface area (Å²) in [6.07, 6.45) is 4.36. The first kappa shape index (κ1) is 16.0. The summed E-state index contributed by atoms with van der Waals surface area (Å²) in [5, 5.41) is 3.07. The van der Waals surface area contributed by atoms with Gasteiger partial charge in [-0.3, -0.25) is 4.98 Å². The molecule has 1 fully saturated rings. The smallest absolute Gasteiger partial charge is 0.399 e. The van der Waals surface area contributed by atoms with Gasteiger partial charge in [-0.05, 0) is 40.8 Å². The fourth-order valence-electron chi connectivity index (χ4n) is 1.99. The van der Waals surface area contributed by atoms with Crippen LogP contribution in [0.2, 0.25) is 0 Å². The third-order valence-corrected chi connectivity index (χ3v) is 4.02. The largest absolute Gasteiger partial charge is 0.496 e. The summed E-state index contributed by atoms with van der Waals surface area (Å²) in [5.74, 6) is 6.24. The van der Waals surface area contributed by atoms with E-state index in [1.807, 2.05) is 40.8 Å². The van der Waals surface area contributed by atoms with Crippen molar-refractivity contribution in [2.45, 2.75) is 45.3 Å². The molecule has 4 nitrogen and oxygen atoms in total. The highest BCUT2D eigenvalue weighted by molar-refractivity contribution is 6.62. The average molecular weight is 286 g/mol. The molecule has 0 aromatic carbocycles. The second kappa shape index (κ2) is 6.19. The van der Waals surface area contributed by atoms with Crippen LogP contribution in [-0.4, -0.2) is 36.9 Å². The van der Waals surface area contributed by atoms with E-state index < -0.39 is 0 Å². The van der Waals surface area contributed by atoms with E-state index in [1.165, 1.54) is 0 Å². The van der Waals surface area contributed by atoms with Gasteiger partial charge in [-0.2, -0.15) is 0 Å². The van der Waals surface area contributed by atoms with Crippen LogP contribution >= 0.6 is 0 Å². The van der Waals surface area contributed by atoms with Crippen molar-refractivity contribution in [1.82, 2.24) is 10.3 Å². The van der Waals surface area contributed by atoms with E-state index >= 15 is 0 Å². The normalized spacial score (nSPS) is 19.2. The molecule has 1 aromatic rings. The minimum absolute atomic E-state index is 0.341. The number of rotatable bonds is 3. The van der Waals surface area contributed by atoms with Crippen LogP contribution in [0.3, 0.4) is 0 Å². The van der Waals surface area contributed by atoms with Crippen molar-refractivity contribution < 1.29 is 9.31 Å². The highest BCUT2D eigenvalue weighted by Crippen LogP contribution is 2.36. The van der Waals surface area contributed by atoms with Gasteiger partial charge in [0, 0.05) is 36.4 Å². The lowest BCUT2D eigenvalue weighted by molar-refractivity contribution is 0.00578. The minimum Gasteiger partial charge on any atom is -0.399 e. The van der Waals surface area contributed by atoms with E-state index in [9.17, 15) is 0 Å². The van der Waals surface area contributed by atoms with Gasteiger partial charge in [0.05, 0.1) is 11.2 Å². The lowest BCUT2D eigenvalue weighted by Crippen LogP contribution is -2.41. The van der Waals surface area contributed by atoms with Gasteiger partial charge in [0.1, 0.15) is 0 Å². The van der Waals surface area contributed by atoms with Crippen LogP contribution < -0.4 is 10.8 Å². The molecule has 0 spiro atoms. The Balaban J connectivity index is 2.13. The van der Waals surface area contributed by atoms with E-state index in [0.717, 1.165) is 24.0 Å². The first-order valence-electron chi connectivity index (χ1n) is 7.30.